The molecule has 6 heteroatoms. The lowest BCUT2D eigenvalue weighted by Gasteiger charge is -2.34. The molecule has 2 aliphatic rings. The van der Waals surface area contributed by atoms with Crippen LogP contribution < -0.4 is 5.32 Å². The van der Waals surface area contributed by atoms with E-state index in [-0.39, 0.29) is 11.7 Å². The number of aliphatic hydroxyl groups is 1. The second-order valence-corrected chi connectivity index (χ2v) is 6.20. The number of aliphatic hydroxyl groups excluding tert-OH is 1. The Morgan fingerprint density at radius 1 is 1.23 bits per heavy atom. The maximum Gasteiger partial charge on any atom is 0.224 e. The fourth-order valence-corrected chi connectivity index (χ4v) is 3.19. The number of anilines is 1. The highest BCUT2D eigenvalue weighted by atomic mass is 16.3. The molecule has 2 aliphatic heterocycles. The van der Waals surface area contributed by atoms with Crippen molar-refractivity contribution >= 4 is 11.6 Å². The third-order valence-corrected chi connectivity index (χ3v) is 4.58. The largest absolute Gasteiger partial charge is 0.506 e. The van der Waals surface area contributed by atoms with Crippen LogP contribution in [0.4, 0.5) is 5.69 Å². The number of β-amino-alcohol motifs (C(OH)–C–C–N with tert-alkyl or cyclic N) is 1. The first-order valence-corrected chi connectivity index (χ1v) is 7.78. The van der Waals surface area contributed by atoms with E-state index in [9.17, 15) is 15.0 Å². The van der Waals surface area contributed by atoms with Gasteiger partial charge in [-0.2, -0.15) is 0 Å². The minimum Gasteiger partial charge on any atom is -0.506 e. The maximum atomic E-state index is 11.5. The second-order valence-electron chi connectivity index (χ2n) is 6.20. The number of carbonyl (C=O) groups excluding carboxylic acids is 1. The normalized spacial score (nSPS) is 21.3. The van der Waals surface area contributed by atoms with E-state index in [0.29, 0.717) is 25.1 Å². The molecule has 1 atom stereocenters. The fourth-order valence-electron chi connectivity index (χ4n) is 3.19. The van der Waals surface area contributed by atoms with E-state index in [2.05, 4.69) is 22.2 Å². The summed E-state index contributed by atoms with van der Waals surface area (Å²) in [5.74, 6) is -0.0212. The van der Waals surface area contributed by atoms with Gasteiger partial charge in [-0.05, 0) is 30.7 Å². The van der Waals surface area contributed by atoms with Crippen LogP contribution >= 0.6 is 0 Å². The van der Waals surface area contributed by atoms with Gasteiger partial charge in [0.25, 0.3) is 0 Å². The zero-order valence-electron chi connectivity index (χ0n) is 12.9. The van der Waals surface area contributed by atoms with E-state index in [1.54, 1.807) is 12.1 Å². The van der Waals surface area contributed by atoms with Crippen LogP contribution in [0.3, 0.4) is 0 Å². The number of hydrogen-bond acceptors (Lipinski definition) is 5. The molecule has 0 bridgehead atoms. The van der Waals surface area contributed by atoms with E-state index >= 15 is 0 Å². The highest BCUT2D eigenvalue weighted by Gasteiger charge is 2.25. The van der Waals surface area contributed by atoms with Crippen LogP contribution in [0.25, 0.3) is 0 Å². The summed E-state index contributed by atoms with van der Waals surface area (Å²) in [4.78, 5) is 16.0. The molecule has 1 amide bonds. The number of phenolic OH excluding ortho intramolecular Hbond substituents is 1. The molecule has 1 saturated heterocycles. The van der Waals surface area contributed by atoms with E-state index < -0.39 is 6.10 Å². The van der Waals surface area contributed by atoms with Crippen LogP contribution in [0.5, 0.6) is 5.75 Å². The summed E-state index contributed by atoms with van der Waals surface area (Å²) in [6.45, 7) is 4.50. The number of piperazine rings is 1. The number of benzene rings is 1. The third kappa shape index (κ3) is 3.09. The Morgan fingerprint density at radius 2 is 1.95 bits per heavy atom. The average Bonchev–Trinajstić information content (AvgIpc) is 2.50. The van der Waals surface area contributed by atoms with Crippen molar-refractivity contribution in [3.63, 3.8) is 0 Å². The van der Waals surface area contributed by atoms with Gasteiger partial charge in [0.15, 0.2) is 0 Å². The Labute approximate surface area is 130 Å². The van der Waals surface area contributed by atoms with E-state index in [4.69, 9.17) is 0 Å². The summed E-state index contributed by atoms with van der Waals surface area (Å²) in [6, 6.07) is 3.32. The molecule has 6 nitrogen and oxygen atoms in total. The highest BCUT2D eigenvalue weighted by Crippen LogP contribution is 2.36. The summed E-state index contributed by atoms with van der Waals surface area (Å²) in [5.41, 5.74) is 2.14. The lowest BCUT2D eigenvalue weighted by Crippen LogP contribution is -2.45. The van der Waals surface area contributed by atoms with Crippen molar-refractivity contribution in [2.45, 2.75) is 18.9 Å². The molecular weight excluding hydrogens is 282 g/mol. The second kappa shape index (κ2) is 6.24. The maximum absolute atomic E-state index is 11.5. The third-order valence-electron chi connectivity index (χ3n) is 4.58. The number of amides is 1. The predicted octanol–water partition coefficient (Wildman–Crippen LogP) is 0.558. The number of hydrogen-bond donors (Lipinski definition) is 3. The predicted molar refractivity (Wildman–Crippen MR) is 84.0 cm³/mol. The van der Waals surface area contributed by atoms with Gasteiger partial charge in [0.2, 0.25) is 5.91 Å². The number of aromatic hydroxyl groups is 1. The van der Waals surface area contributed by atoms with Crippen molar-refractivity contribution in [2.24, 2.45) is 0 Å². The van der Waals surface area contributed by atoms with Crippen molar-refractivity contribution in [3.05, 3.63) is 23.3 Å². The molecule has 120 valence electrons. The van der Waals surface area contributed by atoms with Gasteiger partial charge in [-0.1, -0.05) is 6.07 Å². The number of likely N-dealkylation sites (N-methyl/N-ethyl adjacent to an activating group) is 1. The summed E-state index contributed by atoms with van der Waals surface area (Å²) in [6.07, 6.45) is 0.350. The number of fused-ring (bicyclic) bond motifs is 1. The number of phenols is 1. The molecule has 0 saturated carbocycles. The average molecular weight is 305 g/mol. The molecule has 0 aromatic heterocycles. The highest BCUT2D eigenvalue weighted by molar-refractivity contribution is 5.96. The molecule has 1 aromatic rings. The van der Waals surface area contributed by atoms with Gasteiger partial charge in [-0.15, -0.1) is 0 Å². The number of nitrogens with zero attached hydrogens (tertiary/aromatic N) is 2. The lowest BCUT2D eigenvalue weighted by molar-refractivity contribution is -0.116. The standard InChI is InChI=1S/C16H23N3O3/c1-18-6-8-19(9-7-18)10-14(21)11-2-4-13(20)16-12(11)3-5-15(22)17-16/h2,4,14,20-21H,3,5-10H2,1H3,(H,17,22). The van der Waals surface area contributed by atoms with Crippen LogP contribution in [0.2, 0.25) is 0 Å². The Balaban J connectivity index is 1.77. The van der Waals surface area contributed by atoms with Crippen molar-refractivity contribution in [3.8, 4) is 5.75 Å². The minimum absolute atomic E-state index is 0.0681. The molecule has 0 radical (unpaired) electrons. The molecule has 0 spiro atoms. The zero-order chi connectivity index (χ0) is 15.7. The van der Waals surface area contributed by atoms with E-state index in [1.165, 1.54) is 0 Å². The van der Waals surface area contributed by atoms with Gasteiger partial charge in [0, 0.05) is 39.1 Å². The molecular formula is C16H23N3O3. The minimum atomic E-state index is -0.604. The van der Waals surface area contributed by atoms with Crippen LogP contribution in [-0.4, -0.2) is 65.7 Å². The fraction of sp³-hybridized carbons (Fsp3) is 0.562. The molecule has 2 heterocycles. The molecule has 3 N–H and O–H groups in total. The summed E-state index contributed by atoms with van der Waals surface area (Å²) >= 11 is 0. The summed E-state index contributed by atoms with van der Waals surface area (Å²) < 4.78 is 0. The van der Waals surface area contributed by atoms with Gasteiger partial charge in [0.05, 0.1) is 11.8 Å². The van der Waals surface area contributed by atoms with E-state index in [0.717, 1.165) is 37.3 Å². The van der Waals surface area contributed by atoms with Gasteiger partial charge in [-0.3, -0.25) is 9.69 Å². The van der Waals surface area contributed by atoms with Gasteiger partial charge >= 0.3 is 0 Å². The first-order valence-electron chi connectivity index (χ1n) is 7.78. The van der Waals surface area contributed by atoms with Crippen molar-refractivity contribution in [1.29, 1.82) is 0 Å². The quantitative estimate of drug-likeness (QED) is 0.711. The topological polar surface area (TPSA) is 76.0 Å². The smallest absolute Gasteiger partial charge is 0.224 e. The molecule has 0 aliphatic carbocycles. The number of nitrogens with one attached hydrogen (secondary N) is 1. The van der Waals surface area contributed by atoms with Crippen molar-refractivity contribution in [1.82, 2.24) is 9.80 Å². The Bertz CT molecular complexity index is 568. The van der Waals surface area contributed by atoms with Crippen molar-refractivity contribution in [2.75, 3.05) is 45.1 Å². The van der Waals surface area contributed by atoms with Crippen LogP contribution in [0.15, 0.2) is 12.1 Å². The van der Waals surface area contributed by atoms with Crippen LogP contribution in [0, 0.1) is 0 Å². The monoisotopic (exact) mass is 305 g/mol. The first kappa shape index (κ1) is 15.3. The summed E-state index contributed by atoms with van der Waals surface area (Å²) in [7, 11) is 2.10. The van der Waals surface area contributed by atoms with E-state index in [1.807, 2.05) is 0 Å². The molecule has 22 heavy (non-hydrogen) atoms. The lowest BCUT2D eigenvalue weighted by atomic mass is 9.93. The molecule has 1 aromatic carbocycles. The Hall–Kier alpha value is -1.63. The van der Waals surface area contributed by atoms with Crippen LogP contribution in [0.1, 0.15) is 23.7 Å². The zero-order valence-corrected chi connectivity index (χ0v) is 12.9. The van der Waals surface area contributed by atoms with Gasteiger partial charge in [0.1, 0.15) is 5.75 Å². The van der Waals surface area contributed by atoms with Gasteiger partial charge < -0.3 is 20.4 Å². The van der Waals surface area contributed by atoms with Gasteiger partial charge in [-0.25, -0.2) is 0 Å². The first-order chi connectivity index (χ1) is 10.5. The number of carbonyl (C=O) groups is 1. The molecule has 1 unspecified atom stereocenters. The Kier molecular flexibility index (Phi) is 4.33. The number of rotatable bonds is 3. The SMILES string of the molecule is CN1CCN(CC(O)c2ccc(O)c3c2CCC(=O)N3)CC1. The van der Waals surface area contributed by atoms with Crippen LogP contribution in [-0.2, 0) is 11.2 Å². The molecule has 3 rings (SSSR count). The van der Waals surface area contributed by atoms with Crippen molar-refractivity contribution < 1.29 is 15.0 Å². The summed E-state index contributed by atoms with van der Waals surface area (Å²) in [5, 5.41) is 23.2. The molecule has 1 fully saturated rings. The Morgan fingerprint density at radius 3 is 2.68 bits per heavy atom.